The number of fused-ring (bicyclic) bond motifs is 1. The van der Waals surface area contributed by atoms with E-state index >= 15 is 0 Å². The van der Waals surface area contributed by atoms with Gasteiger partial charge in [0, 0.05) is 19.4 Å². The first-order valence-electron chi connectivity index (χ1n) is 12.0. The van der Waals surface area contributed by atoms with Gasteiger partial charge in [-0.15, -0.1) is 6.58 Å². The number of unbranched alkanes of at least 4 members (excludes halogenated alkanes) is 2. The Bertz CT molecular complexity index is 862. The quantitative estimate of drug-likeness (QED) is 0.336. The molecule has 0 aromatic heterocycles. The molecular formula is C26H36N2O5. The molecule has 1 aromatic carbocycles. The zero-order chi connectivity index (χ0) is 23.8. The van der Waals surface area contributed by atoms with E-state index in [2.05, 4.69) is 11.9 Å². The number of nitrogens with one attached hydrogen (secondary N) is 1. The Hall–Kier alpha value is -2.83. The van der Waals surface area contributed by atoms with Crippen molar-refractivity contribution in [2.45, 2.75) is 82.8 Å². The van der Waals surface area contributed by atoms with Crippen LogP contribution in [0.4, 0.5) is 0 Å². The molecule has 2 aliphatic rings. The molecule has 1 aliphatic carbocycles. The number of amides is 2. The van der Waals surface area contributed by atoms with Crippen molar-refractivity contribution in [3.8, 4) is 5.75 Å². The summed E-state index contributed by atoms with van der Waals surface area (Å²) in [6.07, 6.45) is 9.95. The van der Waals surface area contributed by atoms with Crippen LogP contribution in [0.25, 0.3) is 0 Å². The maximum atomic E-state index is 13.9. The second kappa shape index (κ2) is 11.9. The highest BCUT2D eigenvalue weighted by Gasteiger charge is 2.41. The third kappa shape index (κ3) is 6.36. The van der Waals surface area contributed by atoms with Crippen molar-refractivity contribution >= 4 is 17.8 Å². The maximum absolute atomic E-state index is 13.9. The predicted octanol–water partition coefficient (Wildman–Crippen LogP) is 3.63. The lowest BCUT2D eigenvalue weighted by molar-refractivity contribution is -0.155. The molecule has 7 heteroatoms. The van der Waals surface area contributed by atoms with Gasteiger partial charge in [-0.1, -0.05) is 31.4 Å². The van der Waals surface area contributed by atoms with Gasteiger partial charge in [-0.05, 0) is 61.3 Å². The topological polar surface area (TPSA) is 95.9 Å². The SMILES string of the molecule is C=CCCCCC(=O)NC(C(=O)N1Cc2cc(O)ccc2CC1C(=O)OC)C1CCCCC1. The number of phenolic OH excluding ortho intramolecular Hbond substituents is 1. The molecule has 0 radical (unpaired) electrons. The molecule has 1 aliphatic heterocycles. The molecule has 3 rings (SSSR count). The number of methoxy groups -OCH3 is 1. The molecule has 1 saturated carbocycles. The van der Waals surface area contributed by atoms with Crippen LogP contribution >= 0.6 is 0 Å². The molecule has 0 saturated heterocycles. The summed E-state index contributed by atoms with van der Waals surface area (Å²) in [4.78, 5) is 40.7. The largest absolute Gasteiger partial charge is 0.508 e. The minimum atomic E-state index is -0.755. The van der Waals surface area contributed by atoms with Gasteiger partial charge in [-0.2, -0.15) is 0 Å². The Kier molecular flexibility index (Phi) is 8.92. The number of carbonyl (C=O) groups excluding carboxylic acids is 3. The lowest BCUT2D eigenvalue weighted by Crippen LogP contribution is -2.58. The average Bonchev–Trinajstić information content (AvgIpc) is 2.84. The summed E-state index contributed by atoms with van der Waals surface area (Å²) in [6.45, 7) is 3.90. The normalized spacial score (nSPS) is 19.3. The average molecular weight is 457 g/mol. The third-order valence-corrected chi connectivity index (χ3v) is 6.84. The maximum Gasteiger partial charge on any atom is 0.328 e. The third-order valence-electron chi connectivity index (χ3n) is 6.84. The van der Waals surface area contributed by atoms with Crippen LogP contribution < -0.4 is 5.32 Å². The number of ether oxygens (including phenoxy) is 1. The fourth-order valence-corrected chi connectivity index (χ4v) is 5.00. The Morgan fingerprint density at radius 3 is 2.67 bits per heavy atom. The van der Waals surface area contributed by atoms with Crippen molar-refractivity contribution in [3.63, 3.8) is 0 Å². The summed E-state index contributed by atoms with van der Waals surface area (Å²) < 4.78 is 5.01. The Morgan fingerprint density at radius 2 is 1.97 bits per heavy atom. The van der Waals surface area contributed by atoms with Gasteiger partial charge in [0.05, 0.1) is 7.11 Å². The summed E-state index contributed by atoms with van der Waals surface area (Å²) >= 11 is 0. The zero-order valence-corrected chi connectivity index (χ0v) is 19.6. The molecule has 1 fully saturated rings. The van der Waals surface area contributed by atoms with E-state index in [1.807, 2.05) is 6.08 Å². The molecular weight excluding hydrogens is 420 g/mol. The first-order valence-corrected chi connectivity index (χ1v) is 12.0. The molecule has 0 bridgehead atoms. The van der Waals surface area contributed by atoms with Gasteiger partial charge in [0.15, 0.2) is 0 Å². The number of esters is 1. The molecule has 7 nitrogen and oxygen atoms in total. The Labute approximate surface area is 196 Å². The number of benzene rings is 1. The van der Waals surface area contributed by atoms with E-state index in [1.54, 1.807) is 18.2 Å². The lowest BCUT2D eigenvalue weighted by Gasteiger charge is -2.39. The van der Waals surface area contributed by atoms with Crippen molar-refractivity contribution in [3.05, 3.63) is 42.0 Å². The molecule has 2 atom stereocenters. The fraction of sp³-hybridized carbons (Fsp3) is 0.577. The van der Waals surface area contributed by atoms with Gasteiger partial charge in [-0.3, -0.25) is 9.59 Å². The van der Waals surface area contributed by atoms with Crippen molar-refractivity contribution in [2.75, 3.05) is 7.11 Å². The first-order chi connectivity index (χ1) is 15.9. The van der Waals surface area contributed by atoms with Crippen molar-refractivity contribution in [1.82, 2.24) is 10.2 Å². The highest BCUT2D eigenvalue weighted by atomic mass is 16.5. The molecule has 180 valence electrons. The van der Waals surface area contributed by atoms with Gasteiger partial charge < -0.3 is 20.1 Å². The number of phenols is 1. The van der Waals surface area contributed by atoms with Crippen LogP contribution in [-0.2, 0) is 32.1 Å². The molecule has 2 amide bonds. The van der Waals surface area contributed by atoms with Crippen molar-refractivity contribution < 1.29 is 24.2 Å². The minimum Gasteiger partial charge on any atom is -0.508 e. The van der Waals surface area contributed by atoms with Crippen molar-refractivity contribution in [1.29, 1.82) is 0 Å². The molecule has 1 aromatic rings. The summed E-state index contributed by atoms with van der Waals surface area (Å²) in [5.74, 6) is -0.680. The lowest BCUT2D eigenvalue weighted by atomic mass is 9.82. The number of hydrogen-bond acceptors (Lipinski definition) is 5. The van der Waals surface area contributed by atoms with Gasteiger partial charge in [0.25, 0.3) is 0 Å². The fourth-order valence-electron chi connectivity index (χ4n) is 5.00. The molecule has 2 N–H and O–H groups in total. The molecule has 0 spiro atoms. The zero-order valence-electron chi connectivity index (χ0n) is 19.6. The Balaban J connectivity index is 1.83. The highest BCUT2D eigenvalue weighted by molar-refractivity contribution is 5.91. The smallest absolute Gasteiger partial charge is 0.328 e. The highest BCUT2D eigenvalue weighted by Crippen LogP contribution is 2.31. The van der Waals surface area contributed by atoms with Crippen LogP contribution in [0.1, 0.15) is 68.9 Å². The van der Waals surface area contributed by atoms with Gasteiger partial charge in [0.1, 0.15) is 17.8 Å². The second-order valence-electron chi connectivity index (χ2n) is 9.14. The summed E-state index contributed by atoms with van der Waals surface area (Å²) in [5, 5.41) is 12.9. The van der Waals surface area contributed by atoms with Gasteiger partial charge in [0.2, 0.25) is 11.8 Å². The molecule has 33 heavy (non-hydrogen) atoms. The number of allylic oxidation sites excluding steroid dienone is 1. The van der Waals surface area contributed by atoms with E-state index in [1.165, 1.54) is 12.0 Å². The Morgan fingerprint density at radius 1 is 1.21 bits per heavy atom. The van der Waals surface area contributed by atoms with Crippen LogP contribution in [-0.4, -0.2) is 47.0 Å². The first kappa shape index (κ1) is 24.8. The van der Waals surface area contributed by atoms with Crippen LogP contribution in [0, 0.1) is 5.92 Å². The summed E-state index contributed by atoms with van der Waals surface area (Å²) in [6, 6.07) is 3.59. The number of aromatic hydroxyl groups is 1. The minimum absolute atomic E-state index is 0.0484. The van der Waals surface area contributed by atoms with E-state index in [4.69, 9.17) is 4.74 Å². The van der Waals surface area contributed by atoms with Crippen LogP contribution in [0.2, 0.25) is 0 Å². The standard InChI is InChI=1S/C26H36N2O5/c1-3-4-5-9-12-23(30)27-24(18-10-7-6-8-11-18)25(31)28-17-20-15-21(29)14-13-19(20)16-22(28)26(32)33-2/h3,13-15,18,22,24,29H,1,4-12,16-17H2,2H3,(H,27,30). The molecule has 2 unspecified atom stereocenters. The van der Waals surface area contributed by atoms with Gasteiger partial charge in [-0.25, -0.2) is 4.79 Å². The monoisotopic (exact) mass is 456 g/mol. The number of carbonyl (C=O) groups is 3. The second-order valence-corrected chi connectivity index (χ2v) is 9.14. The van der Waals surface area contributed by atoms with Crippen LogP contribution in [0.5, 0.6) is 5.75 Å². The number of nitrogens with zero attached hydrogens (tertiary/aromatic N) is 1. The van der Waals surface area contributed by atoms with E-state index in [9.17, 15) is 19.5 Å². The van der Waals surface area contributed by atoms with E-state index < -0.39 is 18.1 Å². The van der Waals surface area contributed by atoms with Gasteiger partial charge >= 0.3 is 5.97 Å². The number of rotatable bonds is 9. The van der Waals surface area contributed by atoms with Crippen molar-refractivity contribution in [2.24, 2.45) is 5.92 Å². The number of hydrogen-bond donors (Lipinski definition) is 2. The van der Waals surface area contributed by atoms with E-state index in [0.717, 1.165) is 62.5 Å². The molecule has 1 heterocycles. The van der Waals surface area contributed by atoms with Crippen LogP contribution in [0.15, 0.2) is 30.9 Å². The summed E-state index contributed by atoms with van der Waals surface area (Å²) in [5.41, 5.74) is 1.72. The van der Waals surface area contributed by atoms with Crippen LogP contribution in [0.3, 0.4) is 0 Å². The summed E-state index contributed by atoms with van der Waals surface area (Å²) in [7, 11) is 1.32. The van der Waals surface area contributed by atoms with E-state index in [-0.39, 0.29) is 30.0 Å². The predicted molar refractivity (Wildman–Crippen MR) is 125 cm³/mol. The van der Waals surface area contributed by atoms with E-state index in [0.29, 0.717) is 12.8 Å².